The highest BCUT2D eigenvalue weighted by atomic mass is 35.5. The van der Waals surface area contributed by atoms with Gasteiger partial charge in [-0.2, -0.15) is 0 Å². The van der Waals surface area contributed by atoms with Gasteiger partial charge in [-0.25, -0.2) is 4.39 Å². The van der Waals surface area contributed by atoms with Gasteiger partial charge in [0.2, 0.25) is 5.91 Å². The van der Waals surface area contributed by atoms with Crippen LogP contribution in [0.4, 0.5) is 15.8 Å². The second-order valence-corrected chi connectivity index (χ2v) is 5.91. The van der Waals surface area contributed by atoms with Gasteiger partial charge < -0.3 is 11.1 Å². The fourth-order valence-electron chi connectivity index (χ4n) is 1.68. The van der Waals surface area contributed by atoms with Crippen LogP contribution in [0.3, 0.4) is 0 Å². The Kier molecular flexibility index (Phi) is 5.47. The molecule has 1 amide bonds. The number of rotatable bonds is 5. The predicted molar refractivity (Wildman–Crippen MR) is 86.2 cm³/mol. The molecule has 0 spiro atoms. The molecule has 0 aromatic heterocycles. The highest BCUT2D eigenvalue weighted by Gasteiger charge is 2.06. The quantitative estimate of drug-likeness (QED) is 0.640. The van der Waals surface area contributed by atoms with E-state index in [1.54, 1.807) is 30.3 Å². The summed E-state index contributed by atoms with van der Waals surface area (Å²) in [4.78, 5) is 12.6. The van der Waals surface area contributed by atoms with E-state index in [1.807, 2.05) is 0 Å². The minimum Gasteiger partial charge on any atom is -0.398 e. The van der Waals surface area contributed by atoms with E-state index in [-0.39, 0.29) is 11.7 Å². The van der Waals surface area contributed by atoms with Crippen molar-refractivity contribution in [2.45, 2.75) is 11.3 Å². The zero-order valence-corrected chi connectivity index (χ0v) is 12.7. The van der Waals surface area contributed by atoms with Crippen molar-refractivity contribution in [3.8, 4) is 0 Å². The number of carbonyl (C=O) groups is 1. The molecule has 0 aliphatic carbocycles. The second-order valence-electron chi connectivity index (χ2n) is 4.34. The monoisotopic (exact) mass is 324 g/mol. The minimum atomic E-state index is -0.381. The van der Waals surface area contributed by atoms with Gasteiger partial charge in [-0.3, -0.25) is 4.79 Å². The first-order valence-corrected chi connectivity index (χ1v) is 7.64. The number of thioether (sulfide) groups is 1. The Labute approximate surface area is 131 Å². The molecule has 0 unspecified atom stereocenters. The van der Waals surface area contributed by atoms with E-state index in [4.69, 9.17) is 17.3 Å². The van der Waals surface area contributed by atoms with E-state index in [0.29, 0.717) is 28.6 Å². The molecule has 0 saturated carbocycles. The molecule has 0 heterocycles. The smallest absolute Gasteiger partial charge is 0.225 e. The van der Waals surface area contributed by atoms with Crippen LogP contribution in [0.5, 0.6) is 0 Å². The van der Waals surface area contributed by atoms with Gasteiger partial charge in [0.15, 0.2) is 0 Å². The summed E-state index contributed by atoms with van der Waals surface area (Å²) in [5, 5.41) is 3.25. The molecule has 6 heteroatoms. The molecule has 0 fully saturated rings. The number of nitrogens with two attached hydrogens (primary N) is 1. The number of hydrogen-bond donors (Lipinski definition) is 2. The molecule has 3 N–H and O–H groups in total. The molecular formula is C15H14ClFN2OS. The Hall–Kier alpha value is -1.72. The largest absolute Gasteiger partial charge is 0.398 e. The lowest BCUT2D eigenvalue weighted by Gasteiger charge is -2.07. The van der Waals surface area contributed by atoms with Gasteiger partial charge >= 0.3 is 0 Å². The number of anilines is 2. The van der Waals surface area contributed by atoms with Crippen LogP contribution in [-0.4, -0.2) is 11.7 Å². The first kappa shape index (κ1) is 15.7. The number of carbonyl (C=O) groups excluding carboxylic acids is 1. The van der Waals surface area contributed by atoms with Crippen molar-refractivity contribution in [2.24, 2.45) is 0 Å². The second kappa shape index (κ2) is 7.33. The Morgan fingerprint density at radius 1 is 1.29 bits per heavy atom. The zero-order valence-electron chi connectivity index (χ0n) is 11.1. The SMILES string of the molecule is Nc1ccc(Cl)cc1SCCC(=O)Nc1cccc(F)c1. The summed E-state index contributed by atoms with van der Waals surface area (Å²) in [6, 6.07) is 11.0. The average molecular weight is 325 g/mol. The van der Waals surface area contributed by atoms with Gasteiger partial charge in [0, 0.05) is 33.5 Å². The van der Waals surface area contributed by atoms with Crippen LogP contribution >= 0.6 is 23.4 Å². The highest BCUT2D eigenvalue weighted by Crippen LogP contribution is 2.28. The number of hydrogen-bond acceptors (Lipinski definition) is 3. The molecule has 0 aliphatic rings. The summed E-state index contributed by atoms with van der Waals surface area (Å²) in [6.07, 6.45) is 0.299. The fourth-order valence-corrected chi connectivity index (χ4v) is 2.87. The number of halogens is 2. The molecule has 0 radical (unpaired) electrons. The molecule has 21 heavy (non-hydrogen) atoms. The van der Waals surface area contributed by atoms with Crippen LogP contribution in [0, 0.1) is 5.82 Å². The van der Waals surface area contributed by atoms with Crippen LogP contribution in [-0.2, 0) is 4.79 Å². The van der Waals surface area contributed by atoms with Crippen molar-refractivity contribution in [3.05, 3.63) is 53.3 Å². The summed E-state index contributed by atoms with van der Waals surface area (Å²) in [5.74, 6) is 0.00803. The van der Waals surface area contributed by atoms with Crippen LogP contribution in [0.1, 0.15) is 6.42 Å². The molecule has 110 valence electrons. The van der Waals surface area contributed by atoms with Gasteiger partial charge in [-0.1, -0.05) is 17.7 Å². The number of benzene rings is 2. The third-order valence-corrected chi connectivity index (χ3v) is 3.98. The van der Waals surface area contributed by atoms with Crippen molar-refractivity contribution < 1.29 is 9.18 Å². The maximum absolute atomic E-state index is 13.0. The van der Waals surface area contributed by atoms with E-state index in [1.165, 1.54) is 23.9 Å². The summed E-state index contributed by atoms with van der Waals surface area (Å²) in [6.45, 7) is 0. The number of amides is 1. The lowest BCUT2D eigenvalue weighted by atomic mass is 10.3. The van der Waals surface area contributed by atoms with Crippen LogP contribution in [0.25, 0.3) is 0 Å². The van der Waals surface area contributed by atoms with Crippen molar-refractivity contribution in [1.82, 2.24) is 0 Å². The standard InChI is InChI=1S/C15H14ClFN2OS/c16-10-4-5-13(18)14(8-10)21-7-6-15(20)19-12-3-1-2-11(17)9-12/h1-5,8-9H,6-7,18H2,(H,19,20). The Morgan fingerprint density at radius 3 is 2.86 bits per heavy atom. The van der Waals surface area contributed by atoms with E-state index >= 15 is 0 Å². The van der Waals surface area contributed by atoms with E-state index in [0.717, 1.165) is 4.90 Å². The third-order valence-electron chi connectivity index (χ3n) is 2.67. The van der Waals surface area contributed by atoms with Crippen molar-refractivity contribution in [1.29, 1.82) is 0 Å². The fraction of sp³-hybridized carbons (Fsp3) is 0.133. The topological polar surface area (TPSA) is 55.1 Å². The minimum absolute atomic E-state index is 0.173. The third kappa shape index (κ3) is 4.95. The zero-order chi connectivity index (χ0) is 15.2. The summed E-state index contributed by atoms with van der Waals surface area (Å²) in [7, 11) is 0. The maximum atomic E-state index is 13.0. The lowest BCUT2D eigenvalue weighted by molar-refractivity contribution is -0.115. The van der Waals surface area contributed by atoms with Crippen molar-refractivity contribution in [3.63, 3.8) is 0 Å². The summed E-state index contributed by atoms with van der Waals surface area (Å²) >= 11 is 7.36. The Bertz CT molecular complexity index is 651. The first-order chi connectivity index (χ1) is 10.0. The molecular weight excluding hydrogens is 311 g/mol. The van der Waals surface area contributed by atoms with Gasteiger partial charge in [0.05, 0.1) is 0 Å². The van der Waals surface area contributed by atoms with Gasteiger partial charge in [0.1, 0.15) is 5.82 Å². The van der Waals surface area contributed by atoms with E-state index in [2.05, 4.69) is 5.32 Å². The van der Waals surface area contributed by atoms with Gasteiger partial charge in [-0.05, 0) is 36.4 Å². The molecule has 3 nitrogen and oxygen atoms in total. The molecule has 0 aliphatic heterocycles. The molecule has 2 aromatic rings. The van der Waals surface area contributed by atoms with Gasteiger partial charge in [0.25, 0.3) is 0 Å². The van der Waals surface area contributed by atoms with E-state index in [9.17, 15) is 9.18 Å². The molecule has 2 aromatic carbocycles. The van der Waals surface area contributed by atoms with Crippen LogP contribution < -0.4 is 11.1 Å². The first-order valence-electron chi connectivity index (χ1n) is 6.28. The Morgan fingerprint density at radius 2 is 2.10 bits per heavy atom. The molecule has 0 atom stereocenters. The number of nitrogens with one attached hydrogen (secondary N) is 1. The number of nitrogen functional groups attached to an aromatic ring is 1. The van der Waals surface area contributed by atoms with E-state index < -0.39 is 0 Å². The molecule has 0 saturated heterocycles. The highest BCUT2D eigenvalue weighted by molar-refractivity contribution is 7.99. The van der Waals surface area contributed by atoms with Crippen molar-refractivity contribution in [2.75, 3.05) is 16.8 Å². The molecule has 2 rings (SSSR count). The Balaban J connectivity index is 1.83. The predicted octanol–water partition coefficient (Wildman–Crippen LogP) is 4.18. The normalized spacial score (nSPS) is 10.4. The van der Waals surface area contributed by atoms with Gasteiger partial charge in [-0.15, -0.1) is 11.8 Å². The maximum Gasteiger partial charge on any atom is 0.225 e. The summed E-state index contributed by atoms with van der Waals surface area (Å²) < 4.78 is 13.0. The average Bonchev–Trinajstić information content (AvgIpc) is 2.42. The lowest BCUT2D eigenvalue weighted by Crippen LogP contribution is -2.12. The van der Waals surface area contributed by atoms with Crippen LogP contribution in [0.2, 0.25) is 5.02 Å². The summed E-state index contributed by atoms with van der Waals surface area (Å²) in [5.41, 5.74) is 6.91. The van der Waals surface area contributed by atoms with Crippen LogP contribution in [0.15, 0.2) is 47.4 Å². The molecule has 0 bridgehead atoms. The van der Waals surface area contributed by atoms with Crippen molar-refractivity contribution >= 4 is 40.6 Å².